The molecular formula is C11H18N2O7. The number of alkyl carbamates (subject to hydrolysis) is 1. The van der Waals surface area contributed by atoms with Gasteiger partial charge in [0.05, 0.1) is 13.2 Å². The molecule has 2 rings (SSSR count). The van der Waals surface area contributed by atoms with Gasteiger partial charge in [0.2, 0.25) is 0 Å². The SMILES string of the molecule is CCCCNC(=O)O[C@H]1CO[C@H]2[C@@H]1OC[C@H]2O[N+](=O)[O-]. The lowest BCUT2D eigenvalue weighted by molar-refractivity contribution is -0.769. The first-order chi connectivity index (χ1) is 9.61. The smallest absolute Gasteiger partial charge is 0.407 e. The third-order valence-corrected chi connectivity index (χ3v) is 3.24. The Morgan fingerprint density at radius 3 is 2.65 bits per heavy atom. The van der Waals surface area contributed by atoms with E-state index in [0.717, 1.165) is 12.8 Å². The molecule has 9 heteroatoms. The van der Waals surface area contributed by atoms with Gasteiger partial charge in [-0.25, -0.2) is 4.79 Å². The molecule has 114 valence electrons. The summed E-state index contributed by atoms with van der Waals surface area (Å²) in [5.41, 5.74) is 0. The second kappa shape index (κ2) is 6.71. The number of amides is 1. The van der Waals surface area contributed by atoms with Crippen LogP contribution in [0.3, 0.4) is 0 Å². The largest absolute Gasteiger partial charge is 0.441 e. The fraction of sp³-hybridized carbons (Fsp3) is 0.909. The molecule has 1 amide bonds. The van der Waals surface area contributed by atoms with Crippen molar-refractivity contribution in [2.75, 3.05) is 19.8 Å². The van der Waals surface area contributed by atoms with Crippen molar-refractivity contribution < 1.29 is 28.9 Å². The zero-order valence-corrected chi connectivity index (χ0v) is 11.1. The minimum absolute atomic E-state index is 0.0492. The van der Waals surface area contributed by atoms with E-state index in [2.05, 4.69) is 10.2 Å². The van der Waals surface area contributed by atoms with E-state index >= 15 is 0 Å². The Hall–Kier alpha value is -1.61. The summed E-state index contributed by atoms with van der Waals surface area (Å²) >= 11 is 0. The molecule has 0 aromatic carbocycles. The van der Waals surface area contributed by atoms with Crippen molar-refractivity contribution >= 4 is 6.09 Å². The number of hydrogen-bond acceptors (Lipinski definition) is 7. The number of fused-ring (bicyclic) bond motifs is 1. The molecule has 1 N–H and O–H groups in total. The average Bonchev–Trinajstić information content (AvgIpc) is 2.94. The van der Waals surface area contributed by atoms with Gasteiger partial charge in [-0.05, 0) is 6.42 Å². The minimum Gasteiger partial charge on any atom is -0.441 e. The number of carbonyl (C=O) groups is 1. The Bertz CT molecular complexity index is 365. The van der Waals surface area contributed by atoms with Gasteiger partial charge in [-0.3, -0.25) is 0 Å². The number of nitrogens with one attached hydrogen (secondary N) is 1. The fourth-order valence-corrected chi connectivity index (χ4v) is 2.28. The predicted molar refractivity (Wildman–Crippen MR) is 64.5 cm³/mol. The van der Waals surface area contributed by atoms with Crippen molar-refractivity contribution in [1.82, 2.24) is 5.32 Å². The van der Waals surface area contributed by atoms with Crippen molar-refractivity contribution in [1.29, 1.82) is 0 Å². The molecule has 0 unspecified atom stereocenters. The van der Waals surface area contributed by atoms with Crippen LogP contribution in [0.5, 0.6) is 0 Å². The normalized spacial score (nSPS) is 31.6. The van der Waals surface area contributed by atoms with Crippen molar-refractivity contribution in [2.24, 2.45) is 0 Å². The van der Waals surface area contributed by atoms with Gasteiger partial charge >= 0.3 is 6.09 Å². The quantitative estimate of drug-likeness (QED) is 0.424. The van der Waals surface area contributed by atoms with E-state index in [-0.39, 0.29) is 13.2 Å². The first kappa shape index (κ1) is 14.8. The Morgan fingerprint density at radius 2 is 2.00 bits per heavy atom. The molecule has 0 aromatic rings. The van der Waals surface area contributed by atoms with Gasteiger partial charge in [-0.1, -0.05) is 13.3 Å². The zero-order chi connectivity index (χ0) is 14.5. The van der Waals surface area contributed by atoms with Crippen LogP contribution in [-0.2, 0) is 19.0 Å². The summed E-state index contributed by atoms with van der Waals surface area (Å²) in [6.07, 6.45) is -1.12. The molecule has 0 saturated carbocycles. The minimum atomic E-state index is -0.870. The summed E-state index contributed by atoms with van der Waals surface area (Å²) in [6, 6.07) is 0. The summed E-state index contributed by atoms with van der Waals surface area (Å²) < 4.78 is 15.9. The Kier molecular flexibility index (Phi) is 4.96. The highest BCUT2D eigenvalue weighted by Crippen LogP contribution is 2.30. The van der Waals surface area contributed by atoms with Crippen molar-refractivity contribution in [3.8, 4) is 0 Å². The molecule has 0 bridgehead atoms. The average molecular weight is 290 g/mol. The molecule has 0 aromatic heterocycles. The van der Waals surface area contributed by atoms with E-state index < -0.39 is 35.6 Å². The predicted octanol–water partition coefficient (Wildman–Crippen LogP) is 0.256. The van der Waals surface area contributed by atoms with E-state index in [9.17, 15) is 14.9 Å². The molecule has 9 nitrogen and oxygen atoms in total. The van der Waals surface area contributed by atoms with E-state index in [4.69, 9.17) is 14.2 Å². The molecule has 0 radical (unpaired) electrons. The van der Waals surface area contributed by atoms with Crippen molar-refractivity contribution in [3.05, 3.63) is 10.1 Å². The molecule has 2 saturated heterocycles. The number of carbonyl (C=O) groups excluding carboxylic acids is 1. The Balaban J connectivity index is 1.78. The highest BCUT2D eigenvalue weighted by Gasteiger charge is 2.51. The highest BCUT2D eigenvalue weighted by molar-refractivity contribution is 5.67. The van der Waals surface area contributed by atoms with Gasteiger partial charge in [-0.15, -0.1) is 10.1 Å². The van der Waals surface area contributed by atoms with Crippen LogP contribution in [0, 0.1) is 10.1 Å². The topological polar surface area (TPSA) is 109 Å². The van der Waals surface area contributed by atoms with Gasteiger partial charge in [0.25, 0.3) is 5.09 Å². The maximum absolute atomic E-state index is 11.5. The van der Waals surface area contributed by atoms with Crippen LogP contribution >= 0.6 is 0 Å². The lowest BCUT2D eigenvalue weighted by atomic mass is 10.1. The van der Waals surface area contributed by atoms with Gasteiger partial charge in [0, 0.05) is 6.54 Å². The number of rotatable bonds is 6. The molecule has 0 aliphatic carbocycles. The molecular weight excluding hydrogens is 272 g/mol. The third kappa shape index (κ3) is 3.48. The first-order valence-electron chi connectivity index (χ1n) is 6.60. The molecule has 4 atom stereocenters. The van der Waals surface area contributed by atoms with Gasteiger partial charge < -0.3 is 24.4 Å². The summed E-state index contributed by atoms with van der Waals surface area (Å²) in [5, 5.41) is 12.1. The molecule has 0 spiro atoms. The number of ether oxygens (including phenoxy) is 3. The monoisotopic (exact) mass is 290 g/mol. The van der Waals surface area contributed by atoms with Crippen LogP contribution in [0.4, 0.5) is 4.79 Å². The third-order valence-electron chi connectivity index (χ3n) is 3.24. The van der Waals surface area contributed by atoms with Gasteiger partial charge in [0.1, 0.15) is 12.2 Å². The molecule has 2 aliphatic heterocycles. The second-order valence-electron chi connectivity index (χ2n) is 4.69. The summed E-state index contributed by atoms with van der Waals surface area (Å²) in [6.45, 7) is 2.76. The highest BCUT2D eigenvalue weighted by atomic mass is 17.0. The number of nitrogens with zero attached hydrogens (tertiary/aromatic N) is 1. The van der Waals surface area contributed by atoms with Gasteiger partial charge in [-0.2, -0.15) is 0 Å². The van der Waals surface area contributed by atoms with Gasteiger partial charge in [0.15, 0.2) is 12.2 Å². The number of hydrogen-bond donors (Lipinski definition) is 1. The van der Waals surface area contributed by atoms with Crippen molar-refractivity contribution in [3.63, 3.8) is 0 Å². The van der Waals surface area contributed by atoms with E-state index in [0.29, 0.717) is 6.54 Å². The van der Waals surface area contributed by atoms with E-state index in [1.807, 2.05) is 6.92 Å². The van der Waals surface area contributed by atoms with Crippen LogP contribution < -0.4 is 5.32 Å². The van der Waals surface area contributed by atoms with Crippen LogP contribution in [0.15, 0.2) is 0 Å². The lowest BCUT2D eigenvalue weighted by Gasteiger charge is -2.16. The zero-order valence-electron chi connectivity index (χ0n) is 11.1. The summed E-state index contributed by atoms with van der Waals surface area (Å²) in [7, 11) is 0. The maximum Gasteiger partial charge on any atom is 0.407 e. The van der Waals surface area contributed by atoms with E-state index in [1.54, 1.807) is 0 Å². The van der Waals surface area contributed by atoms with Crippen LogP contribution in [0.1, 0.15) is 19.8 Å². The molecule has 20 heavy (non-hydrogen) atoms. The van der Waals surface area contributed by atoms with Crippen LogP contribution in [0.2, 0.25) is 0 Å². The van der Waals surface area contributed by atoms with Crippen LogP contribution in [-0.4, -0.2) is 55.4 Å². The van der Waals surface area contributed by atoms with Crippen LogP contribution in [0.25, 0.3) is 0 Å². The fourth-order valence-electron chi connectivity index (χ4n) is 2.28. The summed E-state index contributed by atoms with van der Waals surface area (Å²) in [4.78, 5) is 26.3. The first-order valence-corrected chi connectivity index (χ1v) is 6.60. The Labute approximate surface area is 115 Å². The molecule has 2 fully saturated rings. The van der Waals surface area contributed by atoms with E-state index in [1.165, 1.54) is 0 Å². The summed E-state index contributed by atoms with van der Waals surface area (Å²) in [5.74, 6) is 0. The second-order valence-corrected chi connectivity index (χ2v) is 4.69. The molecule has 2 heterocycles. The maximum atomic E-state index is 11.5. The standard InChI is InChI=1S/C11H18N2O7/c1-2-3-4-12-11(14)19-7-5-17-10-8(20-13(15)16)6-18-9(7)10/h7-10H,2-6H2,1H3,(H,12,14)/t7-,8+,9+,10+/m0/s1. The van der Waals surface area contributed by atoms with Crippen molar-refractivity contribution in [2.45, 2.75) is 44.2 Å². The Morgan fingerprint density at radius 1 is 1.35 bits per heavy atom. The molecule has 2 aliphatic rings. The number of unbranched alkanes of at least 4 members (excludes halogenated alkanes) is 1. The lowest BCUT2D eigenvalue weighted by Crippen LogP contribution is -2.38.